The van der Waals surface area contributed by atoms with E-state index < -0.39 is 18.0 Å². The number of nitrogens with one attached hydrogen (secondary N) is 1. The number of nitrogens with zero attached hydrogens (tertiary/aromatic N) is 1. The van der Waals surface area contributed by atoms with Crippen molar-refractivity contribution in [3.8, 4) is 6.07 Å². The third-order valence-corrected chi connectivity index (χ3v) is 4.42. The van der Waals surface area contributed by atoms with E-state index >= 15 is 0 Å². The lowest BCUT2D eigenvalue weighted by atomic mass is 10.0. The maximum Gasteiger partial charge on any atom is 0.432 e. The third kappa shape index (κ3) is 4.55. The number of H-pyrrole nitrogens is 1. The molecule has 2 rings (SSSR count). The van der Waals surface area contributed by atoms with E-state index in [-0.39, 0.29) is 28.9 Å². The van der Waals surface area contributed by atoms with Gasteiger partial charge in [0.25, 0.3) is 0 Å². The second-order valence-electron chi connectivity index (χ2n) is 5.01. The molecule has 25 heavy (non-hydrogen) atoms. The van der Waals surface area contributed by atoms with Crippen LogP contribution in [0.1, 0.15) is 28.6 Å². The Morgan fingerprint density at radius 2 is 1.92 bits per heavy atom. The SMILES string of the molecule is COCCOC(c1ccc(Cl)cc1)c1[nH]c(C(F)(F)F)c(Br)c1C#N. The summed E-state index contributed by atoms with van der Waals surface area (Å²) in [5.41, 5.74) is -0.627. The summed E-state index contributed by atoms with van der Waals surface area (Å²) >= 11 is 8.72. The number of ether oxygens (including phenoxy) is 2. The fraction of sp³-hybridized carbons (Fsp3) is 0.312. The Balaban J connectivity index is 2.53. The summed E-state index contributed by atoms with van der Waals surface area (Å²) in [6.45, 7) is 0.382. The molecule has 4 nitrogen and oxygen atoms in total. The molecule has 0 aliphatic carbocycles. The van der Waals surface area contributed by atoms with Crippen molar-refractivity contribution < 1.29 is 22.6 Å². The minimum absolute atomic E-state index is 0.0140. The van der Waals surface area contributed by atoms with E-state index in [4.69, 9.17) is 21.1 Å². The summed E-state index contributed by atoms with van der Waals surface area (Å²) in [4.78, 5) is 2.29. The van der Waals surface area contributed by atoms with Gasteiger partial charge in [-0.1, -0.05) is 23.7 Å². The molecule has 1 atom stereocenters. The second-order valence-corrected chi connectivity index (χ2v) is 6.24. The first-order valence-electron chi connectivity index (χ1n) is 7.04. The van der Waals surface area contributed by atoms with Crippen LogP contribution in [-0.2, 0) is 15.7 Å². The first-order valence-corrected chi connectivity index (χ1v) is 8.21. The predicted molar refractivity (Wildman–Crippen MR) is 89.3 cm³/mol. The average molecular weight is 438 g/mol. The van der Waals surface area contributed by atoms with Crippen molar-refractivity contribution in [3.05, 3.63) is 56.3 Å². The normalized spacial score (nSPS) is 12.8. The Bertz CT molecular complexity index is 769. The molecular formula is C16H13BrClF3N2O2. The zero-order chi connectivity index (χ0) is 18.6. The minimum atomic E-state index is -4.64. The van der Waals surface area contributed by atoms with Crippen molar-refractivity contribution in [1.29, 1.82) is 5.26 Å². The predicted octanol–water partition coefficient (Wildman–Crippen LogP) is 5.07. The van der Waals surface area contributed by atoms with E-state index in [0.29, 0.717) is 10.6 Å². The van der Waals surface area contributed by atoms with E-state index in [9.17, 15) is 18.4 Å². The van der Waals surface area contributed by atoms with Crippen LogP contribution in [0.25, 0.3) is 0 Å². The monoisotopic (exact) mass is 436 g/mol. The first-order chi connectivity index (χ1) is 11.8. The van der Waals surface area contributed by atoms with Gasteiger partial charge in [-0.25, -0.2) is 0 Å². The van der Waals surface area contributed by atoms with Crippen LogP contribution in [0.2, 0.25) is 5.02 Å². The third-order valence-electron chi connectivity index (χ3n) is 3.37. The number of alkyl halides is 3. The highest BCUT2D eigenvalue weighted by Crippen LogP contribution is 2.40. The Morgan fingerprint density at radius 1 is 1.28 bits per heavy atom. The summed E-state index contributed by atoms with van der Waals surface area (Å²) in [6, 6.07) is 8.24. The molecule has 0 bridgehead atoms. The van der Waals surface area contributed by atoms with Crippen LogP contribution in [0.3, 0.4) is 0 Å². The molecule has 1 aromatic heterocycles. The van der Waals surface area contributed by atoms with Crippen LogP contribution >= 0.6 is 27.5 Å². The molecule has 9 heteroatoms. The number of nitriles is 1. The van der Waals surface area contributed by atoms with Crippen molar-refractivity contribution in [2.24, 2.45) is 0 Å². The van der Waals surface area contributed by atoms with Crippen LogP contribution in [0, 0.1) is 11.3 Å². The zero-order valence-electron chi connectivity index (χ0n) is 13.0. The van der Waals surface area contributed by atoms with E-state index in [1.807, 2.05) is 0 Å². The number of methoxy groups -OCH3 is 1. The molecule has 1 N–H and O–H groups in total. The number of halogens is 5. The number of hydrogen-bond acceptors (Lipinski definition) is 3. The van der Waals surface area contributed by atoms with Crippen molar-refractivity contribution in [2.45, 2.75) is 12.3 Å². The molecule has 0 fully saturated rings. The molecule has 1 aromatic carbocycles. The fourth-order valence-electron chi connectivity index (χ4n) is 2.23. The Labute approximate surface area is 155 Å². The Morgan fingerprint density at radius 3 is 2.44 bits per heavy atom. The lowest BCUT2D eigenvalue weighted by molar-refractivity contribution is -0.141. The molecule has 0 saturated carbocycles. The van der Waals surface area contributed by atoms with Gasteiger partial charge < -0.3 is 14.5 Å². The zero-order valence-corrected chi connectivity index (χ0v) is 15.3. The number of benzene rings is 1. The van der Waals surface area contributed by atoms with Crippen molar-refractivity contribution in [1.82, 2.24) is 4.98 Å². The highest BCUT2D eigenvalue weighted by Gasteiger charge is 2.38. The lowest BCUT2D eigenvalue weighted by Gasteiger charge is -2.18. The quantitative estimate of drug-likeness (QED) is 0.642. The van der Waals surface area contributed by atoms with Crippen LogP contribution < -0.4 is 0 Å². The summed E-state index contributed by atoms with van der Waals surface area (Å²) in [7, 11) is 1.48. The van der Waals surface area contributed by atoms with Gasteiger partial charge in [0.15, 0.2) is 0 Å². The van der Waals surface area contributed by atoms with Crippen LogP contribution in [-0.4, -0.2) is 25.3 Å². The molecule has 0 spiro atoms. The smallest absolute Gasteiger partial charge is 0.382 e. The summed E-state index contributed by atoms with van der Waals surface area (Å²) in [6.07, 6.45) is -5.55. The van der Waals surface area contributed by atoms with Gasteiger partial charge in [-0.05, 0) is 33.6 Å². The lowest BCUT2D eigenvalue weighted by Crippen LogP contribution is -2.13. The second kappa shape index (κ2) is 8.23. The number of aromatic amines is 1. The first kappa shape index (κ1) is 19.8. The molecule has 0 amide bonds. The van der Waals surface area contributed by atoms with E-state index in [0.717, 1.165) is 0 Å². The van der Waals surface area contributed by atoms with Gasteiger partial charge in [0, 0.05) is 12.1 Å². The van der Waals surface area contributed by atoms with Crippen LogP contribution in [0.15, 0.2) is 28.7 Å². The van der Waals surface area contributed by atoms with E-state index in [2.05, 4.69) is 20.9 Å². The van der Waals surface area contributed by atoms with Crippen molar-refractivity contribution in [3.63, 3.8) is 0 Å². The summed E-state index contributed by atoms with van der Waals surface area (Å²) in [5.74, 6) is 0. The van der Waals surface area contributed by atoms with Gasteiger partial charge in [-0.3, -0.25) is 0 Å². The molecule has 1 unspecified atom stereocenters. The van der Waals surface area contributed by atoms with Gasteiger partial charge >= 0.3 is 6.18 Å². The number of aromatic nitrogens is 1. The van der Waals surface area contributed by atoms with Gasteiger partial charge in [0.2, 0.25) is 0 Å². The minimum Gasteiger partial charge on any atom is -0.382 e. The van der Waals surface area contributed by atoms with Gasteiger partial charge in [0.1, 0.15) is 17.9 Å². The number of hydrogen-bond donors (Lipinski definition) is 1. The Hall–Kier alpha value is -1.53. The van der Waals surface area contributed by atoms with Crippen molar-refractivity contribution in [2.75, 3.05) is 20.3 Å². The number of rotatable bonds is 6. The molecule has 0 saturated heterocycles. The van der Waals surface area contributed by atoms with Gasteiger partial charge in [-0.2, -0.15) is 18.4 Å². The molecule has 2 aromatic rings. The van der Waals surface area contributed by atoms with Gasteiger partial charge in [-0.15, -0.1) is 0 Å². The molecule has 0 aliphatic heterocycles. The van der Waals surface area contributed by atoms with Crippen LogP contribution in [0.4, 0.5) is 13.2 Å². The highest BCUT2D eigenvalue weighted by atomic mass is 79.9. The Kier molecular flexibility index (Phi) is 6.52. The molecular weight excluding hydrogens is 425 g/mol. The summed E-state index contributed by atoms with van der Waals surface area (Å²) in [5, 5.41) is 9.80. The van der Waals surface area contributed by atoms with Crippen molar-refractivity contribution >= 4 is 27.5 Å². The average Bonchev–Trinajstić information content (AvgIpc) is 2.89. The van der Waals surface area contributed by atoms with E-state index in [1.165, 1.54) is 7.11 Å². The summed E-state index contributed by atoms with van der Waals surface area (Å²) < 4.78 is 49.7. The molecule has 0 radical (unpaired) electrons. The topological polar surface area (TPSA) is 58.0 Å². The van der Waals surface area contributed by atoms with Gasteiger partial charge in [0.05, 0.1) is 28.9 Å². The largest absolute Gasteiger partial charge is 0.432 e. The van der Waals surface area contributed by atoms with Crippen LogP contribution in [0.5, 0.6) is 0 Å². The molecule has 0 aliphatic rings. The van der Waals surface area contributed by atoms with E-state index in [1.54, 1.807) is 30.3 Å². The highest BCUT2D eigenvalue weighted by molar-refractivity contribution is 9.10. The maximum atomic E-state index is 13.2. The molecule has 134 valence electrons. The maximum absolute atomic E-state index is 13.2. The molecule has 1 heterocycles. The standard InChI is InChI=1S/C16H13BrClF3N2O2/c1-24-6-7-25-14(9-2-4-10(18)5-3-9)13-11(8-22)12(17)15(23-13)16(19,20)21/h2-5,14,23H,6-7H2,1H3. The fourth-order valence-corrected chi connectivity index (χ4v) is 2.98.